The summed E-state index contributed by atoms with van der Waals surface area (Å²) in [6, 6.07) is 0.0244. The van der Waals surface area contributed by atoms with Crippen molar-refractivity contribution in [2.75, 3.05) is 13.2 Å². The summed E-state index contributed by atoms with van der Waals surface area (Å²) in [6.07, 6.45) is 0.822. The lowest BCUT2D eigenvalue weighted by atomic mass is 10.3. The molecule has 0 radical (unpaired) electrons. The number of carbonyl (C=O) groups excluding carboxylic acids is 2. The summed E-state index contributed by atoms with van der Waals surface area (Å²) >= 11 is 6.07. The van der Waals surface area contributed by atoms with Crippen LogP contribution in [0.2, 0.25) is 5.02 Å². The van der Waals surface area contributed by atoms with Crippen molar-refractivity contribution in [2.45, 2.75) is 32.9 Å². The maximum atomic E-state index is 12.0. The SMILES string of the molecule is CC(C)NC(=O)CNC(=O)c1nn2c(c1Cl)OCCC2. The quantitative estimate of drug-likeness (QED) is 0.851. The maximum absolute atomic E-state index is 12.0. The number of carbonyl (C=O) groups is 2. The van der Waals surface area contributed by atoms with Gasteiger partial charge in [0.1, 0.15) is 5.02 Å². The highest BCUT2D eigenvalue weighted by atomic mass is 35.5. The molecule has 2 N–H and O–H groups in total. The van der Waals surface area contributed by atoms with E-state index < -0.39 is 5.91 Å². The van der Waals surface area contributed by atoms with E-state index >= 15 is 0 Å². The summed E-state index contributed by atoms with van der Waals surface area (Å²) in [4.78, 5) is 23.4. The molecular weight excluding hydrogens is 284 g/mol. The minimum Gasteiger partial charge on any atom is -0.477 e. The van der Waals surface area contributed by atoms with Gasteiger partial charge in [-0.05, 0) is 13.8 Å². The second-order valence-electron chi connectivity index (χ2n) is 4.80. The number of hydrogen-bond donors (Lipinski definition) is 2. The smallest absolute Gasteiger partial charge is 0.273 e. The predicted molar refractivity (Wildman–Crippen MR) is 73.0 cm³/mol. The molecule has 1 aromatic heterocycles. The molecule has 2 amide bonds. The highest BCUT2D eigenvalue weighted by Gasteiger charge is 2.25. The van der Waals surface area contributed by atoms with Crippen LogP contribution in [0, 0.1) is 0 Å². The lowest BCUT2D eigenvalue weighted by Gasteiger charge is -2.14. The molecule has 1 aliphatic heterocycles. The molecule has 0 spiro atoms. The second kappa shape index (κ2) is 6.13. The van der Waals surface area contributed by atoms with Crippen LogP contribution in [0.1, 0.15) is 30.8 Å². The Morgan fingerprint density at radius 2 is 2.25 bits per heavy atom. The average Bonchev–Trinajstić information content (AvgIpc) is 2.73. The van der Waals surface area contributed by atoms with Crippen molar-refractivity contribution in [3.05, 3.63) is 10.7 Å². The zero-order valence-electron chi connectivity index (χ0n) is 11.4. The number of nitrogens with zero attached hydrogens (tertiary/aromatic N) is 2. The molecule has 20 heavy (non-hydrogen) atoms. The Morgan fingerprint density at radius 3 is 2.90 bits per heavy atom. The van der Waals surface area contributed by atoms with Gasteiger partial charge in [-0.3, -0.25) is 9.59 Å². The molecule has 110 valence electrons. The molecule has 0 saturated heterocycles. The van der Waals surface area contributed by atoms with Crippen molar-refractivity contribution in [1.82, 2.24) is 20.4 Å². The Balaban J connectivity index is 1.99. The third-order valence-corrected chi connectivity index (χ3v) is 3.02. The van der Waals surface area contributed by atoms with Crippen LogP contribution in [0.3, 0.4) is 0 Å². The Bertz CT molecular complexity index is 527. The first-order valence-electron chi connectivity index (χ1n) is 6.45. The molecule has 0 aromatic carbocycles. The molecule has 0 aliphatic carbocycles. The van der Waals surface area contributed by atoms with Crippen molar-refractivity contribution >= 4 is 23.4 Å². The second-order valence-corrected chi connectivity index (χ2v) is 5.18. The van der Waals surface area contributed by atoms with E-state index in [0.29, 0.717) is 19.0 Å². The molecule has 0 unspecified atom stereocenters. The van der Waals surface area contributed by atoms with Crippen LogP contribution in [-0.2, 0) is 11.3 Å². The number of fused-ring (bicyclic) bond motifs is 1. The highest BCUT2D eigenvalue weighted by molar-refractivity contribution is 6.34. The minimum absolute atomic E-state index is 0.0244. The predicted octanol–water partition coefficient (Wildman–Crippen LogP) is 0.573. The fourth-order valence-corrected chi connectivity index (χ4v) is 2.14. The number of aromatic nitrogens is 2. The lowest BCUT2D eigenvalue weighted by molar-refractivity contribution is -0.120. The van der Waals surface area contributed by atoms with E-state index in [1.165, 1.54) is 0 Å². The molecule has 0 fully saturated rings. The largest absolute Gasteiger partial charge is 0.477 e. The number of ether oxygens (including phenoxy) is 1. The zero-order chi connectivity index (χ0) is 14.7. The topological polar surface area (TPSA) is 85.3 Å². The maximum Gasteiger partial charge on any atom is 0.273 e. The Labute approximate surface area is 121 Å². The van der Waals surface area contributed by atoms with Gasteiger partial charge in [-0.2, -0.15) is 5.10 Å². The lowest BCUT2D eigenvalue weighted by Crippen LogP contribution is -2.40. The normalized spacial score (nSPS) is 13.6. The van der Waals surface area contributed by atoms with E-state index in [1.807, 2.05) is 13.8 Å². The van der Waals surface area contributed by atoms with Crippen molar-refractivity contribution in [2.24, 2.45) is 0 Å². The molecule has 2 heterocycles. The van der Waals surface area contributed by atoms with Crippen LogP contribution < -0.4 is 15.4 Å². The first-order valence-corrected chi connectivity index (χ1v) is 6.83. The molecule has 8 heteroatoms. The van der Waals surface area contributed by atoms with Gasteiger partial charge < -0.3 is 15.4 Å². The molecule has 1 aromatic rings. The molecule has 2 rings (SSSR count). The van der Waals surface area contributed by atoms with E-state index in [2.05, 4.69) is 15.7 Å². The molecular formula is C12H17ClN4O3. The molecule has 0 saturated carbocycles. The van der Waals surface area contributed by atoms with Crippen LogP contribution in [-0.4, -0.2) is 40.8 Å². The third kappa shape index (κ3) is 3.22. The number of aryl methyl sites for hydroxylation is 1. The fraction of sp³-hybridized carbons (Fsp3) is 0.583. The van der Waals surface area contributed by atoms with E-state index in [4.69, 9.17) is 16.3 Å². The zero-order valence-corrected chi connectivity index (χ0v) is 12.2. The first kappa shape index (κ1) is 14.6. The monoisotopic (exact) mass is 300 g/mol. The number of hydrogen-bond acceptors (Lipinski definition) is 4. The molecule has 7 nitrogen and oxygen atoms in total. The van der Waals surface area contributed by atoms with Crippen LogP contribution >= 0.6 is 11.6 Å². The number of rotatable bonds is 4. The van der Waals surface area contributed by atoms with Gasteiger partial charge in [0.25, 0.3) is 5.91 Å². The van der Waals surface area contributed by atoms with Gasteiger partial charge in [0, 0.05) is 19.0 Å². The van der Waals surface area contributed by atoms with Crippen molar-refractivity contribution in [1.29, 1.82) is 0 Å². The summed E-state index contributed by atoms with van der Waals surface area (Å²) in [5.41, 5.74) is 0.0842. The van der Waals surface area contributed by atoms with E-state index in [1.54, 1.807) is 4.68 Å². The van der Waals surface area contributed by atoms with E-state index in [-0.39, 0.29) is 29.2 Å². The van der Waals surface area contributed by atoms with Crippen LogP contribution in [0.15, 0.2) is 0 Å². The van der Waals surface area contributed by atoms with Gasteiger partial charge in [0.15, 0.2) is 5.69 Å². The van der Waals surface area contributed by atoms with Gasteiger partial charge in [-0.25, -0.2) is 4.68 Å². The standard InChI is InChI=1S/C12H17ClN4O3/c1-7(2)15-8(18)6-14-11(19)10-9(13)12-17(16-10)4-3-5-20-12/h7H,3-6H2,1-2H3,(H,14,19)(H,15,18). The third-order valence-electron chi connectivity index (χ3n) is 2.68. The summed E-state index contributed by atoms with van der Waals surface area (Å²) in [5, 5.41) is 9.46. The highest BCUT2D eigenvalue weighted by Crippen LogP contribution is 2.30. The minimum atomic E-state index is -0.487. The van der Waals surface area contributed by atoms with Crippen molar-refractivity contribution < 1.29 is 14.3 Å². The van der Waals surface area contributed by atoms with Crippen molar-refractivity contribution in [3.8, 4) is 5.88 Å². The first-order chi connectivity index (χ1) is 9.49. The van der Waals surface area contributed by atoms with Gasteiger partial charge in [-0.1, -0.05) is 11.6 Å². The fourth-order valence-electron chi connectivity index (χ4n) is 1.86. The molecule has 1 aliphatic rings. The Morgan fingerprint density at radius 1 is 1.50 bits per heavy atom. The summed E-state index contributed by atoms with van der Waals surface area (Å²) in [7, 11) is 0. The molecule has 0 bridgehead atoms. The van der Waals surface area contributed by atoms with Crippen LogP contribution in [0.25, 0.3) is 0 Å². The van der Waals surface area contributed by atoms with Gasteiger partial charge in [0.2, 0.25) is 11.8 Å². The van der Waals surface area contributed by atoms with Crippen LogP contribution in [0.4, 0.5) is 0 Å². The Kier molecular flexibility index (Phi) is 4.49. The van der Waals surface area contributed by atoms with Crippen molar-refractivity contribution in [3.63, 3.8) is 0 Å². The summed E-state index contributed by atoms with van der Waals surface area (Å²) in [5.74, 6) is -0.334. The van der Waals surface area contributed by atoms with E-state index in [0.717, 1.165) is 6.42 Å². The Hall–Kier alpha value is -1.76. The number of halogens is 1. The summed E-state index contributed by atoms with van der Waals surface area (Å²) in [6.45, 7) is 4.80. The number of nitrogens with one attached hydrogen (secondary N) is 2. The van der Waals surface area contributed by atoms with Gasteiger partial charge >= 0.3 is 0 Å². The van der Waals surface area contributed by atoms with Crippen LogP contribution in [0.5, 0.6) is 5.88 Å². The summed E-state index contributed by atoms with van der Waals surface area (Å²) < 4.78 is 6.94. The van der Waals surface area contributed by atoms with Gasteiger partial charge in [0.05, 0.1) is 13.2 Å². The molecule has 0 atom stereocenters. The van der Waals surface area contributed by atoms with E-state index in [9.17, 15) is 9.59 Å². The average molecular weight is 301 g/mol. The van der Waals surface area contributed by atoms with Gasteiger partial charge in [-0.15, -0.1) is 0 Å². The number of amides is 2.